The van der Waals surface area contributed by atoms with Crippen LogP contribution in [0.1, 0.15) is 13.3 Å². The molecule has 1 aliphatic rings. The predicted octanol–water partition coefficient (Wildman–Crippen LogP) is 2.16. The van der Waals surface area contributed by atoms with E-state index in [0.29, 0.717) is 25.3 Å². The first kappa shape index (κ1) is 13.4. The summed E-state index contributed by atoms with van der Waals surface area (Å²) < 4.78 is 1.11. The minimum absolute atomic E-state index is 0.0263. The van der Waals surface area contributed by atoms with Gasteiger partial charge in [0.2, 0.25) is 5.91 Å². The van der Waals surface area contributed by atoms with Crippen LogP contribution in [0.25, 0.3) is 0 Å². The van der Waals surface area contributed by atoms with Crippen molar-refractivity contribution in [2.45, 2.75) is 17.6 Å². The highest BCUT2D eigenvalue weighted by Crippen LogP contribution is 2.31. The van der Waals surface area contributed by atoms with Crippen molar-refractivity contribution < 1.29 is 14.7 Å². The van der Waals surface area contributed by atoms with E-state index in [1.165, 1.54) is 11.8 Å². The Morgan fingerprint density at radius 1 is 1.61 bits per heavy atom. The van der Waals surface area contributed by atoms with Gasteiger partial charge >= 0.3 is 5.97 Å². The molecule has 1 aromatic rings. The molecular weight excluding hydrogens is 270 g/mol. The number of aliphatic carboxylic acids is 1. The zero-order chi connectivity index (χ0) is 13.2. The lowest BCUT2D eigenvalue weighted by molar-refractivity contribution is -0.147. The predicted molar refractivity (Wildman–Crippen MR) is 72.0 cm³/mol. The zero-order valence-electron chi connectivity index (χ0n) is 10.1. The molecule has 18 heavy (non-hydrogen) atoms. The Hall–Kier alpha value is -1.01. The number of carbonyl (C=O) groups is 2. The number of thioether (sulfide) groups is 1. The van der Waals surface area contributed by atoms with Gasteiger partial charge in [0, 0.05) is 13.1 Å². The van der Waals surface area contributed by atoms with Crippen molar-refractivity contribution in [3.8, 4) is 0 Å². The molecular formula is C12H15NO3S2. The highest BCUT2D eigenvalue weighted by molar-refractivity contribution is 8.01. The van der Waals surface area contributed by atoms with E-state index in [1.807, 2.05) is 17.5 Å². The van der Waals surface area contributed by atoms with E-state index in [2.05, 4.69) is 0 Å². The number of carboxylic acid groups (broad SMARTS) is 1. The maximum absolute atomic E-state index is 12.0. The molecule has 1 N–H and O–H groups in total. The SMILES string of the molecule is CC1(C(=O)O)CCN(C(=O)CSc2cccs2)C1. The molecule has 0 aliphatic carbocycles. The molecule has 1 amide bonds. The van der Waals surface area contributed by atoms with Gasteiger partial charge in [-0.3, -0.25) is 9.59 Å². The van der Waals surface area contributed by atoms with Crippen LogP contribution in [0.5, 0.6) is 0 Å². The van der Waals surface area contributed by atoms with Gasteiger partial charge in [0.05, 0.1) is 15.4 Å². The number of carboxylic acids is 1. The molecule has 98 valence electrons. The first-order valence-electron chi connectivity index (χ1n) is 5.69. The van der Waals surface area contributed by atoms with Gasteiger partial charge in [-0.05, 0) is 24.8 Å². The first-order chi connectivity index (χ1) is 8.51. The van der Waals surface area contributed by atoms with Gasteiger partial charge < -0.3 is 10.0 Å². The van der Waals surface area contributed by atoms with Crippen molar-refractivity contribution >= 4 is 35.0 Å². The second kappa shape index (κ2) is 5.32. The molecule has 1 aromatic heterocycles. The quantitative estimate of drug-likeness (QED) is 0.861. The minimum atomic E-state index is -0.816. The number of thiophene rings is 1. The average Bonchev–Trinajstić information content (AvgIpc) is 2.95. The van der Waals surface area contributed by atoms with Gasteiger partial charge in [0.1, 0.15) is 0 Å². The molecule has 4 nitrogen and oxygen atoms in total. The van der Waals surface area contributed by atoms with Crippen LogP contribution in [0, 0.1) is 5.41 Å². The third-order valence-corrected chi connectivity index (χ3v) is 5.29. The highest BCUT2D eigenvalue weighted by Gasteiger charge is 2.41. The fourth-order valence-electron chi connectivity index (χ4n) is 1.92. The Balaban J connectivity index is 1.86. The number of hydrogen-bond donors (Lipinski definition) is 1. The lowest BCUT2D eigenvalue weighted by Crippen LogP contribution is -2.35. The summed E-state index contributed by atoms with van der Waals surface area (Å²) in [6.45, 7) is 2.58. The van der Waals surface area contributed by atoms with E-state index in [1.54, 1.807) is 23.2 Å². The van der Waals surface area contributed by atoms with Crippen LogP contribution in [0.3, 0.4) is 0 Å². The molecule has 6 heteroatoms. The lowest BCUT2D eigenvalue weighted by Gasteiger charge is -2.19. The fourth-order valence-corrected chi connectivity index (χ4v) is 3.61. The number of amides is 1. The van der Waals surface area contributed by atoms with E-state index in [0.717, 1.165) is 4.21 Å². The van der Waals surface area contributed by atoms with Gasteiger partial charge in [0.25, 0.3) is 0 Å². The van der Waals surface area contributed by atoms with E-state index < -0.39 is 11.4 Å². The molecule has 1 unspecified atom stereocenters. The van der Waals surface area contributed by atoms with Gasteiger partial charge in [-0.2, -0.15) is 0 Å². The molecule has 0 radical (unpaired) electrons. The standard InChI is InChI=1S/C12H15NO3S2/c1-12(11(15)16)4-5-13(8-12)9(14)7-18-10-3-2-6-17-10/h2-3,6H,4-5,7-8H2,1H3,(H,15,16). The van der Waals surface area contributed by atoms with Crippen molar-refractivity contribution in [3.05, 3.63) is 17.5 Å². The second-order valence-electron chi connectivity index (χ2n) is 4.65. The molecule has 0 spiro atoms. The summed E-state index contributed by atoms with van der Waals surface area (Å²) in [6.07, 6.45) is 0.539. The van der Waals surface area contributed by atoms with Crippen LogP contribution in [0.4, 0.5) is 0 Å². The number of rotatable bonds is 4. The van der Waals surface area contributed by atoms with Crippen molar-refractivity contribution in [1.29, 1.82) is 0 Å². The van der Waals surface area contributed by atoms with Crippen LogP contribution in [0.2, 0.25) is 0 Å². The molecule has 1 atom stereocenters. The summed E-state index contributed by atoms with van der Waals surface area (Å²) >= 11 is 3.12. The van der Waals surface area contributed by atoms with Crippen molar-refractivity contribution in [1.82, 2.24) is 4.90 Å². The molecule has 1 saturated heterocycles. The monoisotopic (exact) mass is 285 g/mol. The Bertz CT molecular complexity index is 446. The van der Waals surface area contributed by atoms with E-state index in [4.69, 9.17) is 5.11 Å². The van der Waals surface area contributed by atoms with Gasteiger partial charge in [0.15, 0.2) is 0 Å². The lowest BCUT2D eigenvalue weighted by atomic mass is 9.90. The summed E-state index contributed by atoms with van der Waals surface area (Å²) in [5, 5.41) is 11.1. The highest BCUT2D eigenvalue weighted by atomic mass is 32.2. The summed E-state index contributed by atoms with van der Waals surface area (Å²) in [5.74, 6) is -0.405. The van der Waals surface area contributed by atoms with Crippen molar-refractivity contribution in [2.75, 3.05) is 18.8 Å². The minimum Gasteiger partial charge on any atom is -0.481 e. The van der Waals surface area contributed by atoms with Gasteiger partial charge in [-0.15, -0.1) is 23.1 Å². The van der Waals surface area contributed by atoms with Crippen molar-refractivity contribution in [2.24, 2.45) is 5.41 Å². The molecule has 1 fully saturated rings. The second-order valence-corrected chi connectivity index (χ2v) is 6.88. The van der Waals surface area contributed by atoms with Gasteiger partial charge in [-0.1, -0.05) is 6.07 Å². The zero-order valence-corrected chi connectivity index (χ0v) is 11.7. The fraction of sp³-hybridized carbons (Fsp3) is 0.500. The van der Waals surface area contributed by atoms with Crippen LogP contribution in [0.15, 0.2) is 21.7 Å². The van der Waals surface area contributed by atoms with Gasteiger partial charge in [-0.25, -0.2) is 0 Å². The summed E-state index contributed by atoms with van der Waals surface area (Å²) in [5.41, 5.74) is -0.775. The summed E-state index contributed by atoms with van der Waals surface area (Å²) in [7, 11) is 0. The summed E-state index contributed by atoms with van der Waals surface area (Å²) in [6, 6.07) is 3.93. The first-order valence-corrected chi connectivity index (χ1v) is 7.55. The van der Waals surface area contributed by atoms with E-state index in [-0.39, 0.29) is 5.91 Å². The van der Waals surface area contributed by atoms with Crippen molar-refractivity contribution in [3.63, 3.8) is 0 Å². The normalized spacial score (nSPS) is 23.3. The van der Waals surface area contributed by atoms with E-state index in [9.17, 15) is 9.59 Å². The largest absolute Gasteiger partial charge is 0.481 e. The molecule has 0 aromatic carbocycles. The van der Waals surface area contributed by atoms with Crippen LogP contribution in [-0.2, 0) is 9.59 Å². The maximum Gasteiger partial charge on any atom is 0.311 e. The third kappa shape index (κ3) is 2.87. The molecule has 2 heterocycles. The van der Waals surface area contributed by atoms with Crippen LogP contribution < -0.4 is 0 Å². The number of likely N-dealkylation sites (tertiary alicyclic amines) is 1. The molecule has 2 rings (SSSR count). The Morgan fingerprint density at radius 2 is 2.39 bits per heavy atom. The smallest absolute Gasteiger partial charge is 0.311 e. The third-order valence-electron chi connectivity index (χ3n) is 3.18. The molecule has 1 aliphatic heterocycles. The number of nitrogens with zero attached hydrogens (tertiary/aromatic N) is 1. The Morgan fingerprint density at radius 3 is 2.94 bits per heavy atom. The number of hydrogen-bond acceptors (Lipinski definition) is 4. The number of carbonyl (C=O) groups excluding carboxylic acids is 1. The Labute approximate surface area is 114 Å². The molecule has 0 bridgehead atoms. The topological polar surface area (TPSA) is 57.6 Å². The Kier molecular flexibility index (Phi) is 3.97. The van der Waals surface area contributed by atoms with E-state index >= 15 is 0 Å². The molecule has 0 saturated carbocycles. The van der Waals surface area contributed by atoms with Crippen LogP contribution in [-0.4, -0.2) is 40.7 Å². The van der Waals surface area contributed by atoms with Crippen LogP contribution >= 0.6 is 23.1 Å². The average molecular weight is 285 g/mol. The maximum atomic E-state index is 12.0. The summed E-state index contributed by atoms with van der Waals surface area (Å²) in [4.78, 5) is 24.7.